The van der Waals surface area contributed by atoms with Crippen molar-refractivity contribution in [1.82, 2.24) is 0 Å². The molecule has 0 radical (unpaired) electrons. The van der Waals surface area contributed by atoms with E-state index in [4.69, 9.17) is 24.3 Å². The van der Waals surface area contributed by atoms with E-state index in [1.807, 2.05) is 12.2 Å². The largest absolute Gasteiger partial charge is 0.472 e. The minimum atomic E-state index is -4.40. The average molecular weight is 794 g/mol. The second-order valence-electron chi connectivity index (χ2n) is 14.2. The lowest BCUT2D eigenvalue weighted by Crippen LogP contribution is -2.29. The number of phosphoric ester groups is 1. The van der Waals surface area contributed by atoms with Crippen LogP contribution in [-0.2, 0) is 32.7 Å². The van der Waals surface area contributed by atoms with Gasteiger partial charge in [-0.1, -0.05) is 184 Å². The fourth-order valence-electron chi connectivity index (χ4n) is 5.68. The Morgan fingerprint density at radius 3 is 1.44 bits per heavy atom. The summed E-state index contributed by atoms with van der Waals surface area (Å²) in [7, 11) is -4.40. The number of ether oxygens (including phenoxy) is 2. The Morgan fingerprint density at radius 2 is 0.982 bits per heavy atom. The van der Waals surface area contributed by atoms with Crippen LogP contribution in [0.1, 0.15) is 181 Å². The van der Waals surface area contributed by atoms with E-state index in [9.17, 15) is 19.0 Å². The third-order valence-corrected chi connectivity index (χ3v) is 9.89. The number of phosphoric acid groups is 1. The van der Waals surface area contributed by atoms with Gasteiger partial charge in [-0.3, -0.25) is 18.6 Å². The number of nitrogens with two attached hydrogens (primary N) is 1. The summed E-state index contributed by atoms with van der Waals surface area (Å²) in [6, 6.07) is 0. The maximum absolute atomic E-state index is 12.5. The van der Waals surface area contributed by atoms with Gasteiger partial charge in [-0.25, -0.2) is 4.57 Å². The van der Waals surface area contributed by atoms with Gasteiger partial charge in [0.2, 0.25) is 0 Å². The number of allylic oxidation sites excluding steroid dienone is 10. The molecule has 3 N–H and O–H groups in total. The fraction of sp³-hybridized carbons (Fsp3) is 0.733. The normalized spacial score (nSPS) is 13.9. The van der Waals surface area contributed by atoms with Crippen molar-refractivity contribution in [2.45, 2.75) is 187 Å². The van der Waals surface area contributed by atoms with Gasteiger partial charge in [-0.05, 0) is 44.9 Å². The van der Waals surface area contributed by atoms with Crippen LogP contribution >= 0.6 is 7.82 Å². The second-order valence-corrected chi connectivity index (χ2v) is 15.7. The Hall–Kier alpha value is -2.29. The number of esters is 2. The van der Waals surface area contributed by atoms with E-state index in [1.165, 1.54) is 96.3 Å². The topological polar surface area (TPSA) is 134 Å². The van der Waals surface area contributed by atoms with Gasteiger partial charge in [0.05, 0.1) is 13.2 Å². The molecule has 0 saturated heterocycles. The number of hydrogen-bond acceptors (Lipinski definition) is 8. The van der Waals surface area contributed by atoms with Gasteiger partial charge in [0, 0.05) is 19.4 Å². The molecule has 0 aromatic rings. The highest BCUT2D eigenvalue weighted by molar-refractivity contribution is 7.47. The molecule has 0 amide bonds. The lowest BCUT2D eigenvalue weighted by atomic mass is 10.0. The van der Waals surface area contributed by atoms with Crippen molar-refractivity contribution in [2.75, 3.05) is 26.4 Å². The molecule has 9 nitrogen and oxygen atoms in total. The smallest absolute Gasteiger partial charge is 0.462 e. The molecule has 0 saturated carbocycles. The Balaban J connectivity index is 4.25. The van der Waals surface area contributed by atoms with Crippen LogP contribution in [0.2, 0.25) is 0 Å². The minimum absolute atomic E-state index is 0.0409. The van der Waals surface area contributed by atoms with Crippen molar-refractivity contribution >= 4 is 19.8 Å². The van der Waals surface area contributed by atoms with E-state index in [1.54, 1.807) is 0 Å². The van der Waals surface area contributed by atoms with Crippen molar-refractivity contribution in [3.05, 3.63) is 60.8 Å². The maximum Gasteiger partial charge on any atom is 0.472 e. The quantitative estimate of drug-likeness (QED) is 0.0269. The number of unbranched alkanes of at least 4 members (excludes halogenated alkanes) is 17. The van der Waals surface area contributed by atoms with Gasteiger partial charge < -0.3 is 20.1 Å². The molecule has 0 rings (SSSR count). The number of carbonyl (C=O) groups is 2. The van der Waals surface area contributed by atoms with Crippen LogP contribution in [0, 0.1) is 0 Å². The third-order valence-electron chi connectivity index (χ3n) is 8.90. The van der Waals surface area contributed by atoms with Gasteiger partial charge in [0.25, 0.3) is 0 Å². The molecule has 0 aromatic heterocycles. The first-order valence-corrected chi connectivity index (χ1v) is 23.3. The van der Waals surface area contributed by atoms with Crippen LogP contribution in [0.15, 0.2) is 60.8 Å². The van der Waals surface area contributed by atoms with Crippen LogP contribution in [0.3, 0.4) is 0 Å². The molecule has 0 heterocycles. The zero-order chi connectivity index (χ0) is 40.3. The number of hydrogen-bond donors (Lipinski definition) is 2. The van der Waals surface area contributed by atoms with E-state index in [0.717, 1.165) is 51.4 Å². The van der Waals surface area contributed by atoms with Crippen LogP contribution in [0.25, 0.3) is 0 Å². The summed E-state index contributed by atoms with van der Waals surface area (Å²) < 4.78 is 32.7. The zero-order valence-corrected chi connectivity index (χ0v) is 35.8. The molecule has 0 aliphatic heterocycles. The summed E-state index contributed by atoms with van der Waals surface area (Å²) in [5, 5.41) is 0. The van der Waals surface area contributed by atoms with E-state index < -0.39 is 32.5 Å². The monoisotopic (exact) mass is 794 g/mol. The zero-order valence-electron chi connectivity index (χ0n) is 34.9. The molecule has 0 aromatic carbocycles. The first kappa shape index (κ1) is 52.7. The van der Waals surface area contributed by atoms with Crippen molar-refractivity contribution in [3.8, 4) is 0 Å². The molecule has 318 valence electrons. The molecule has 0 fully saturated rings. The Morgan fingerprint density at radius 1 is 0.545 bits per heavy atom. The summed E-state index contributed by atoms with van der Waals surface area (Å²) >= 11 is 0. The third kappa shape index (κ3) is 41.2. The molecular weight excluding hydrogens is 713 g/mol. The van der Waals surface area contributed by atoms with Crippen LogP contribution in [-0.4, -0.2) is 49.3 Å². The predicted octanol–water partition coefficient (Wildman–Crippen LogP) is 12.5. The average Bonchev–Trinajstić information content (AvgIpc) is 3.17. The maximum atomic E-state index is 12.5. The summed E-state index contributed by atoms with van der Waals surface area (Å²) in [6.45, 7) is 3.58. The molecular formula is C45H80NO8P. The lowest BCUT2D eigenvalue weighted by Gasteiger charge is -2.19. The number of carbonyl (C=O) groups excluding carboxylic acids is 2. The molecule has 55 heavy (non-hydrogen) atoms. The van der Waals surface area contributed by atoms with Gasteiger partial charge >= 0.3 is 19.8 Å². The highest BCUT2D eigenvalue weighted by atomic mass is 31.2. The summed E-state index contributed by atoms with van der Waals surface area (Å²) in [4.78, 5) is 34.8. The highest BCUT2D eigenvalue weighted by Gasteiger charge is 2.25. The van der Waals surface area contributed by atoms with Gasteiger partial charge in [0.15, 0.2) is 6.10 Å². The highest BCUT2D eigenvalue weighted by Crippen LogP contribution is 2.43. The number of rotatable bonds is 40. The Bertz CT molecular complexity index is 1090. The predicted molar refractivity (Wildman–Crippen MR) is 229 cm³/mol. The van der Waals surface area contributed by atoms with Crippen molar-refractivity contribution in [3.63, 3.8) is 0 Å². The van der Waals surface area contributed by atoms with Gasteiger partial charge in [-0.15, -0.1) is 0 Å². The summed E-state index contributed by atoms with van der Waals surface area (Å²) in [5.41, 5.74) is 5.34. The first-order valence-electron chi connectivity index (χ1n) is 21.8. The minimum Gasteiger partial charge on any atom is -0.462 e. The Kier molecular flexibility index (Phi) is 39.6. The van der Waals surface area contributed by atoms with Crippen LogP contribution in [0.5, 0.6) is 0 Å². The standard InChI is InChI=1S/C45H80NO8P/c1-3-5-7-9-11-13-15-17-19-21-23-25-27-29-31-33-35-37-44(47)51-41-43(42-53-55(49,50)52-40-39-46)54-45(48)38-36-34-32-30-28-26-24-22-20-18-16-14-12-10-8-6-4-2/h8,10,14,16,20,22,26,28,32,34,43H,3-7,9,11-13,15,17-19,21,23-25,27,29-31,33,35-42,46H2,1-2H3,(H,49,50). The lowest BCUT2D eigenvalue weighted by molar-refractivity contribution is -0.161. The Labute approximate surface area is 336 Å². The SMILES string of the molecule is CCCC=CCC=CCC=CCC=CCC=CCCC(=O)OC(COC(=O)CCCCCCCCCCCCCCCCCCC)COP(=O)(O)OCCN. The van der Waals surface area contributed by atoms with E-state index in [2.05, 4.69) is 62.5 Å². The van der Waals surface area contributed by atoms with Gasteiger partial charge in [-0.2, -0.15) is 0 Å². The van der Waals surface area contributed by atoms with Crippen LogP contribution in [0.4, 0.5) is 0 Å². The first-order chi connectivity index (χ1) is 26.8. The molecule has 0 spiro atoms. The molecule has 2 unspecified atom stereocenters. The van der Waals surface area contributed by atoms with Crippen molar-refractivity contribution in [2.24, 2.45) is 5.73 Å². The second kappa shape index (κ2) is 41.3. The van der Waals surface area contributed by atoms with Crippen LogP contribution < -0.4 is 5.73 Å². The van der Waals surface area contributed by atoms with E-state index in [-0.39, 0.29) is 32.6 Å². The van der Waals surface area contributed by atoms with Crippen molar-refractivity contribution in [1.29, 1.82) is 0 Å². The molecule has 2 atom stereocenters. The molecule has 0 aliphatic carbocycles. The van der Waals surface area contributed by atoms with E-state index in [0.29, 0.717) is 6.42 Å². The molecule has 10 heteroatoms. The molecule has 0 bridgehead atoms. The van der Waals surface area contributed by atoms with Gasteiger partial charge in [0.1, 0.15) is 6.61 Å². The van der Waals surface area contributed by atoms with Crippen molar-refractivity contribution < 1.29 is 37.6 Å². The summed E-state index contributed by atoms with van der Waals surface area (Å²) in [6.07, 6.45) is 48.4. The molecule has 0 aliphatic rings. The fourth-order valence-corrected chi connectivity index (χ4v) is 6.45. The summed E-state index contributed by atoms with van der Waals surface area (Å²) in [5.74, 6) is -0.924. The van der Waals surface area contributed by atoms with E-state index >= 15 is 0 Å².